The fraction of sp³-hybridized carbons (Fsp3) is 0.600. The van der Waals surface area contributed by atoms with Crippen molar-refractivity contribution in [3.63, 3.8) is 0 Å². The Hall–Kier alpha value is 7.73. The van der Waals surface area contributed by atoms with Gasteiger partial charge in [0.1, 0.15) is 0 Å². The van der Waals surface area contributed by atoms with Gasteiger partial charge in [0.15, 0.2) is 0 Å². The first-order valence-electron chi connectivity index (χ1n) is 2.50. The summed E-state index contributed by atoms with van der Waals surface area (Å²) in [5, 5.41) is 0. The molecular weight excluding hydrogens is 742 g/mol. The molecule has 0 aliphatic heterocycles. The van der Waals surface area contributed by atoms with E-state index in [0.717, 1.165) is 0 Å². The number of rotatable bonds is 0. The van der Waals surface area contributed by atoms with Gasteiger partial charge in [-0.3, -0.25) is 0 Å². The summed E-state index contributed by atoms with van der Waals surface area (Å²) in [6.07, 6.45) is 0. The molecule has 0 aliphatic carbocycles. The Balaban J connectivity index is -0.00000000108. The van der Waals surface area contributed by atoms with Crippen molar-refractivity contribution in [3.05, 3.63) is 28.2 Å². The fourth-order valence-electron chi connectivity index (χ4n) is 0. The topological polar surface area (TPSA) is 0 Å². The molecule has 0 saturated carbocycles. The van der Waals surface area contributed by atoms with E-state index in [9.17, 15) is 0 Å². The van der Waals surface area contributed by atoms with Gasteiger partial charge in [0.2, 0.25) is 0 Å². The van der Waals surface area contributed by atoms with Crippen LogP contribution in [0, 0.1) is 28.2 Å². The summed E-state index contributed by atoms with van der Waals surface area (Å²) in [4.78, 5) is 0. The van der Waals surface area contributed by atoms with Crippen molar-refractivity contribution in [1.29, 1.82) is 0 Å². The molecule has 0 amide bonds. The van der Waals surface area contributed by atoms with E-state index in [1.165, 1.54) is 5.92 Å². The Kier molecular flexibility index (Phi) is 634. The Morgan fingerprint density at radius 2 is 0.471 bits per heavy atom. The Labute approximate surface area is 291 Å². The molecule has 0 bridgehead atoms. The van der Waals surface area contributed by atoms with E-state index in [1.54, 1.807) is 0 Å². The molecule has 0 heterocycles. The number of hydrogen-bond acceptors (Lipinski definition) is 0. The molecule has 0 aliphatic rings. The second-order valence-corrected chi connectivity index (χ2v) is 1.50. The Bertz CT molecular complexity index is 21.4. The molecule has 93 valence electrons. The molecule has 0 aromatic carbocycles. The van der Waals surface area contributed by atoms with Crippen molar-refractivity contribution >= 4 is 0 Å². The molecule has 17 heavy (non-hydrogen) atoms. The van der Waals surface area contributed by atoms with Gasteiger partial charge in [-0.15, -0.1) is 0 Å². The van der Waals surface area contributed by atoms with Gasteiger partial charge in [0, 0.05) is 229 Å². The minimum atomic E-state index is 0. The summed E-state index contributed by atoms with van der Waals surface area (Å²) in [6.45, 7) is 10.3. The van der Waals surface area contributed by atoms with Crippen LogP contribution in [0.25, 0.3) is 0 Å². The van der Waals surface area contributed by atoms with Crippen LogP contribution in [0.1, 0.15) is 42.0 Å². The molecule has 7 radical (unpaired) electrons. The first-order valence-corrected chi connectivity index (χ1v) is 2.50. The zero-order valence-electron chi connectivity index (χ0n) is 12.5. The Morgan fingerprint density at radius 3 is 0.471 bits per heavy atom. The fourth-order valence-corrected chi connectivity index (χ4v) is 0. The van der Waals surface area contributed by atoms with E-state index in [1.807, 2.05) is 13.8 Å². The van der Waals surface area contributed by atoms with E-state index in [0.29, 0.717) is 0 Å². The van der Waals surface area contributed by atoms with Crippen LogP contribution >= 0.6 is 0 Å². The van der Waals surface area contributed by atoms with Gasteiger partial charge < -0.3 is 28.2 Å². The third kappa shape index (κ3) is 188. The molecular formula is C10H28Y7-4. The van der Waals surface area contributed by atoms with Gasteiger partial charge in [0.05, 0.1) is 0 Å². The van der Waals surface area contributed by atoms with E-state index in [2.05, 4.69) is 20.8 Å². The summed E-state index contributed by atoms with van der Waals surface area (Å²) in [5.74, 6) is 1.42. The summed E-state index contributed by atoms with van der Waals surface area (Å²) in [6, 6.07) is 0. The van der Waals surface area contributed by atoms with Crippen molar-refractivity contribution in [2.45, 2.75) is 42.0 Å². The third-order valence-corrected chi connectivity index (χ3v) is 0. The van der Waals surface area contributed by atoms with Crippen LogP contribution < -0.4 is 0 Å². The first-order chi connectivity index (χ1) is 2.73. The molecule has 0 fully saturated rings. The van der Waals surface area contributed by atoms with Crippen LogP contribution in [0.3, 0.4) is 0 Å². The molecule has 0 atom stereocenters. The first kappa shape index (κ1) is 101. The predicted octanol–water partition coefficient (Wildman–Crippen LogP) is 4.62. The van der Waals surface area contributed by atoms with Crippen molar-refractivity contribution in [2.24, 2.45) is 0 Å². The standard InChI is InChI=1S/C4H9.C2H6.CH4.3CH3.7Y/c1-4(2)3;1-2;;;;;;;;;;;/h1-3H3;1-2H3;1H4;3*1H3;;;;;;;/q-1;;;3*-1;;;;;;;. The Morgan fingerprint density at radius 1 is 0.471 bits per heavy atom. The van der Waals surface area contributed by atoms with E-state index in [4.69, 9.17) is 0 Å². The van der Waals surface area contributed by atoms with E-state index >= 15 is 0 Å². The molecule has 7 heteroatoms. The summed E-state index contributed by atoms with van der Waals surface area (Å²) in [5.41, 5.74) is 0. The molecule has 0 aromatic heterocycles. The number of hydrogen-bond donors (Lipinski definition) is 0. The molecule has 0 unspecified atom stereocenters. The SMILES string of the molecule is C.CC.C[C-](C)C.[CH3-].[CH3-].[CH3-].[Y].[Y].[Y].[Y].[Y].[Y].[Y]. The smallest absolute Gasteiger partial charge is 0 e. The van der Waals surface area contributed by atoms with Crippen molar-refractivity contribution in [2.75, 3.05) is 0 Å². The zero-order chi connectivity index (χ0) is 5.58. The van der Waals surface area contributed by atoms with Crippen molar-refractivity contribution < 1.29 is 229 Å². The van der Waals surface area contributed by atoms with Gasteiger partial charge in [-0.1, -0.05) is 21.3 Å². The predicted molar refractivity (Wildman–Crippen MR) is 57.6 cm³/mol. The second kappa shape index (κ2) is 107. The summed E-state index contributed by atoms with van der Waals surface area (Å²) in [7, 11) is 0. The molecule has 0 saturated heterocycles. The van der Waals surface area contributed by atoms with Crippen LogP contribution in [-0.2, 0) is 229 Å². The second-order valence-electron chi connectivity index (χ2n) is 1.50. The van der Waals surface area contributed by atoms with Gasteiger partial charge in [-0.2, -0.15) is 20.8 Å². The van der Waals surface area contributed by atoms with Gasteiger partial charge in [-0.25, -0.2) is 0 Å². The maximum absolute atomic E-state index is 2.08. The maximum atomic E-state index is 2.08. The van der Waals surface area contributed by atoms with Gasteiger partial charge in [-0.05, 0) is 0 Å². The average molecular weight is 771 g/mol. The molecule has 0 spiro atoms. The van der Waals surface area contributed by atoms with Crippen LogP contribution in [0.15, 0.2) is 0 Å². The van der Waals surface area contributed by atoms with E-state index < -0.39 is 0 Å². The summed E-state index contributed by atoms with van der Waals surface area (Å²) >= 11 is 0. The monoisotopic (exact) mass is 771 g/mol. The van der Waals surface area contributed by atoms with Crippen LogP contribution in [-0.4, -0.2) is 0 Å². The van der Waals surface area contributed by atoms with Crippen LogP contribution in [0.2, 0.25) is 0 Å². The normalized spacial score (nSPS) is 2.47. The maximum Gasteiger partial charge on any atom is 0 e. The minimum absolute atomic E-state index is 0. The summed E-state index contributed by atoms with van der Waals surface area (Å²) < 4.78 is 0. The molecule has 0 aromatic rings. The third-order valence-electron chi connectivity index (χ3n) is 0. The molecule has 0 N–H and O–H groups in total. The van der Waals surface area contributed by atoms with Crippen molar-refractivity contribution in [3.8, 4) is 0 Å². The molecule has 0 nitrogen and oxygen atoms in total. The largest absolute Gasteiger partial charge is 0.358 e. The molecule has 0 rings (SSSR count). The zero-order valence-corrected chi connectivity index (χ0v) is 32.4. The quantitative estimate of drug-likeness (QED) is 0.316. The van der Waals surface area contributed by atoms with Crippen molar-refractivity contribution in [1.82, 2.24) is 0 Å². The van der Waals surface area contributed by atoms with E-state index in [-0.39, 0.29) is 259 Å². The van der Waals surface area contributed by atoms with Gasteiger partial charge in [0.25, 0.3) is 0 Å². The van der Waals surface area contributed by atoms with Gasteiger partial charge >= 0.3 is 0 Å². The minimum Gasteiger partial charge on any atom is -0.358 e. The van der Waals surface area contributed by atoms with Crippen LogP contribution in [0.4, 0.5) is 0 Å². The van der Waals surface area contributed by atoms with Crippen LogP contribution in [0.5, 0.6) is 0 Å². The average Bonchev–Trinajstić information content (AvgIpc) is 1.41.